The molecule has 0 saturated carbocycles. The quantitative estimate of drug-likeness (QED) is 0.535. The number of piperidine rings is 1. The number of nitrogens with zero attached hydrogens (tertiary/aromatic N) is 1. The minimum Gasteiger partial charge on any atom is -0.493 e. The molecule has 0 amide bonds. The molecule has 6 rings (SSSR count). The van der Waals surface area contributed by atoms with Gasteiger partial charge in [-0.25, -0.2) is 4.79 Å². The van der Waals surface area contributed by atoms with E-state index < -0.39 is 23.1 Å². The van der Waals surface area contributed by atoms with Gasteiger partial charge in [0.15, 0.2) is 29.0 Å². The first-order valence-corrected chi connectivity index (χ1v) is 11.3. The fourth-order valence-electron chi connectivity index (χ4n) is 6.37. The number of hydrogen-bond donors (Lipinski definition) is 0. The molecule has 2 heterocycles. The number of ether oxygens (including phenoxy) is 3. The predicted molar refractivity (Wildman–Crippen MR) is 122 cm³/mol. The summed E-state index contributed by atoms with van der Waals surface area (Å²) in [5, 5.41) is 0. The zero-order valence-electron chi connectivity index (χ0n) is 18.6. The van der Waals surface area contributed by atoms with Crippen LogP contribution in [0.25, 0.3) is 6.08 Å². The van der Waals surface area contributed by atoms with Crippen LogP contribution in [-0.2, 0) is 26.2 Å². The standard InChI is InChI=1S/C27H25NO5/c1-28-15-14-26-23-18-9-10-20(31-2)24(23)32-25(26)19(29)12-13-27(26,21(28)16-18)33-22(30)11-8-17-6-4-3-5-7-17/h3-13,21,25H,14-16H2,1-2H3/t21-,25+,26+,27-/m1/s1. The molecule has 6 nitrogen and oxygen atoms in total. The van der Waals surface area contributed by atoms with E-state index in [1.54, 1.807) is 13.2 Å². The van der Waals surface area contributed by atoms with Crippen molar-refractivity contribution >= 4 is 17.8 Å². The lowest BCUT2D eigenvalue weighted by atomic mass is 9.50. The van der Waals surface area contributed by atoms with Crippen molar-refractivity contribution in [2.75, 3.05) is 20.7 Å². The van der Waals surface area contributed by atoms with Crippen LogP contribution in [0, 0.1) is 0 Å². The van der Waals surface area contributed by atoms with Crippen LogP contribution in [0.3, 0.4) is 0 Å². The van der Waals surface area contributed by atoms with Crippen LogP contribution in [-0.4, -0.2) is 55.1 Å². The molecule has 1 spiro atoms. The van der Waals surface area contributed by atoms with Gasteiger partial charge in [0.25, 0.3) is 0 Å². The number of likely N-dealkylation sites (tertiary alicyclic amines) is 1. The van der Waals surface area contributed by atoms with Gasteiger partial charge in [0.2, 0.25) is 0 Å². The van der Waals surface area contributed by atoms with Gasteiger partial charge in [-0.05, 0) is 61.9 Å². The van der Waals surface area contributed by atoms with E-state index in [9.17, 15) is 9.59 Å². The van der Waals surface area contributed by atoms with Gasteiger partial charge in [0, 0.05) is 11.6 Å². The number of carbonyl (C=O) groups excluding carboxylic acids is 2. The maximum atomic E-state index is 13.2. The van der Waals surface area contributed by atoms with Crippen molar-refractivity contribution in [3.63, 3.8) is 0 Å². The van der Waals surface area contributed by atoms with E-state index in [4.69, 9.17) is 14.2 Å². The Hall–Kier alpha value is -3.38. The number of methoxy groups -OCH3 is 1. The molecule has 0 unspecified atom stereocenters. The van der Waals surface area contributed by atoms with Gasteiger partial charge in [-0.1, -0.05) is 36.4 Å². The summed E-state index contributed by atoms with van der Waals surface area (Å²) in [4.78, 5) is 28.6. The van der Waals surface area contributed by atoms with Crippen molar-refractivity contribution in [1.82, 2.24) is 4.90 Å². The summed E-state index contributed by atoms with van der Waals surface area (Å²) in [6.07, 6.45) is 7.16. The minimum atomic E-state index is -1.01. The normalized spacial score (nSPS) is 31.3. The van der Waals surface area contributed by atoms with Gasteiger partial charge in [-0.15, -0.1) is 0 Å². The number of hydrogen-bond acceptors (Lipinski definition) is 6. The summed E-state index contributed by atoms with van der Waals surface area (Å²) in [6.45, 7) is 0.779. The van der Waals surface area contributed by atoms with Crippen molar-refractivity contribution in [3.05, 3.63) is 77.4 Å². The van der Waals surface area contributed by atoms with Gasteiger partial charge in [-0.3, -0.25) is 9.69 Å². The van der Waals surface area contributed by atoms with Crippen LogP contribution in [0.15, 0.2) is 60.7 Å². The first-order chi connectivity index (χ1) is 16.0. The van der Waals surface area contributed by atoms with E-state index >= 15 is 0 Å². The molecular weight excluding hydrogens is 418 g/mol. The Kier molecular flexibility index (Phi) is 4.33. The molecule has 2 aromatic carbocycles. The minimum absolute atomic E-state index is 0.101. The van der Waals surface area contributed by atoms with Gasteiger partial charge >= 0.3 is 5.97 Å². The SMILES string of the molecule is COc1ccc2c3c1O[C@H]1C(=O)C=C[C@@]4(OC(=O)C=Cc5ccccc5)[C@@H](C2)N(C)CC[C@]314. The highest BCUT2D eigenvalue weighted by molar-refractivity contribution is 5.99. The first kappa shape index (κ1) is 20.2. The summed E-state index contributed by atoms with van der Waals surface area (Å²) < 4.78 is 18.3. The zero-order chi connectivity index (χ0) is 22.8. The van der Waals surface area contributed by atoms with Gasteiger partial charge in [0.05, 0.1) is 18.6 Å². The number of ketones is 1. The van der Waals surface area contributed by atoms with Crippen LogP contribution in [0.1, 0.15) is 23.1 Å². The molecule has 4 aliphatic rings. The molecule has 33 heavy (non-hydrogen) atoms. The molecule has 0 N–H and O–H groups in total. The maximum absolute atomic E-state index is 13.2. The first-order valence-electron chi connectivity index (χ1n) is 11.3. The third-order valence-corrected chi connectivity index (χ3v) is 7.79. The summed E-state index contributed by atoms with van der Waals surface area (Å²) >= 11 is 0. The monoisotopic (exact) mass is 443 g/mol. The summed E-state index contributed by atoms with van der Waals surface area (Å²) in [6, 6.07) is 13.5. The van der Waals surface area contributed by atoms with E-state index in [1.807, 2.05) is 42.5 Å². The van der Waals surface area contributed by atoms with Crippen molar-refractivity contribution in [3.8, 4) is 11.5 Å². The molecule has 1 saturated heterocycles. The topological polar surface area (TPSA) is 65.1 Å². The molecule has 0 radical (unpaired) electrons. The summed E-state index contributed by atoms with van der Waals surface area (Å²) in [5.74, 6) is 0.680. The Bertz CT molecular complexity index is 1220. The van der Waals surface area contributed by atoms with E-state index in [0.717, 1.165) is 23.2 Å². The highest BCUT2D eigenvalue weighted by Crippen LogP contribution is 2.64. The van der Waals surface area contributed by atoms with Crippen LogP contribution in [0.2, 0.25) is 0 Å². The van der Waals surface area contributed by atoms with Gasteiger partial charge in [-0.2, -0.15) is 0 Å². The molecule has 2 aliphatic carbocycles. The second-order valence-electron chi connectivity index (χ2n) is 9.24. The molecule has 2 aromatic rings. The van der Waals surface area contributed by atoms with Crippen molar-refractivity contribution in [1.29, 1.82) is 0 Å². The third kappa shape index (κ3) is 2.58. The lowest BCUT2D eigenvalue weighted by Crippen LogP contribution is -2.75. The van der Waals surface area contributed by atoms with Crippen molar-refractivity contribution < 1.29 is 23.8 Å². The average molecular weight is 443 g/mol. The lowest BCUT2D eigenvalue weighted by Gasteiger charge is -2.61. The third-order valence-electron chi connectivity index (χ3n) is 7.79. The van der Waals surface area contributed by atoms with Crippen LogP contribution in [0.5, 0.6) is 11.5 Å². The molecule has 0 aromatic heterocycles. The van der Waals surface area contributed by atoms with E-state index in [1.165, 1.54) is 12.2 Å². The number of rotatable bonds is 4. The molecule has 6 heteroatoms. The van der Waals surface area contributed by atoms with Crippen LogP contribution >= 0.6 is 0 Å². The van der Waals surface area contributed by atoms with Crippen LogP contribution < -0.4 is 9.47 Å². The second kappa shape index (κ2) is 7.06. The number of esters is 1. The Labute approximate surface area is 192 Å². The molecular formula is C27H25NO5. The van der Waals surface area contributed by atoms with Crippen molar-refractivity contribution in [2.45, 2.75) is 36.0 Å². The molecule has 1 fully saturated rings. The summed E-state index contributed by atoms with van der Waals surface area (Å²) in [7, 11) is 3.65. The van der Waals surface area contributed by atoms with E-state index in [-0.39, 0.29) is 11.8 Å². The van der Waals surface area contributed by atoms with Gasteiger partial charge in [0.1, 0.15) is 0 Å². The van der Waals surface area contributed by atoms with E-state index in [0.29, 0.717) is 24.3 Å². The molecule has 4 atom stereocenters. The van der Waals surface area contributed by atoms with E-state index in [2.05, 4.69) is 18.0 Å². The van der Waals surface area contributed by atoms with Crippen molar-refractivity contribution in [2.24, 2.45) is 0 Å². The zero-order valence-corrected chi connectivity index (χ0v) is 18.6. The average Bonchev–Trinajstić information content (AvgIpc) is 3.19. The number of carbonyl (C=O) groups is 2. The fourth-order valence-corrected chi connectivity index (χ4v) is 6.37. The Balaban J connectivity index is 1.50. The molecule has 168 valence electrons. The number of likely N-dealkylation sites (N-methyl/N-ethyl adjacent to an activating group) is 1. The smallest absolute Gasteiger partial charge is 0.331 e. The van der Waals surface area contributed by atoms with Gasteiger partial charge < -0.3 is 14.2 Å². The number of benzene rings is 2. The maximum Gasteiger partial charge on any atom is 0.331 e. The predicted octanol–water partition coefficient (Wildman–Crippen LogP) is 3.09. The Morgan fingerprint density at radius 1 is 1.21 bits per heavy atom. The Morgan fingerprint density at radius 2 is 2.03 bits per heavy atom. The summed E-state index contributed by atoms with van der Waals surface area (Å²) in [5.41, 5.74) is 1.22. The largest absolute Gasteiger partial charge is 0.493 e. The Morgan fingerprint density at radius 3 is 2.82 bits per heavy atom. The van der Waals surface area contributed by atoms with Crippen LogP contribution in [0.4, 0.5) is 0 Å². The molecule has 2 bridgehead atoms. The highest BCUT2D eigenvalue weighted by atomic mass is 16.6. The lowest BCUT2D eigenvalue weighted by molar-refractivity contribution is -0.185. The molecule has 2 aliphatic heterocycles. The second-order valence-corrected chi connectivity index (χ2v) is 9.24. The fraction of sp³-hybridized carbons (Fsp3) is 0.333. The highest BCUT2D eigenvalue weighted by Gasteiger charge is 2.74.